The van der Waals surface area contributed by atoms with E-state index in [1.807, 2.05) is 0 Å². The van der Waals surface area contributed by atoms with Gasteiger partial charge >= 0.3 is 0 Å². The number of hydrogen-bond acceptors (Lipinski definition) is 7. The molecule has 3 atom stereocenters. The van der Waals surface area contributed by atoms with Gasteiger partial charge in [-0.15, -0.1) is 5.10 Å². The molecule has 5 N–H and O–H groups in total. The predicted molar refractivity (Wildman–Crippen MR) is 76.3 cm³/mol. The first-order valence-electron chi connectivity index (χ1n) is 6.75. The zero-order chi connectivity index (χ0) is 16.3. The highest BCUT2D eigenvalue weighted by molar-refractivity contribution is 5.59. The third-order valence-electron chi connectivity index (χ3n) is 3.26. The molecule has 2 rings (SSSR count). The molecular formula is C14H19N3O5. The summed E-state index contributed by atoms with van der Waals surface area (Å²) in [6.45, 7) is 3.09. The number of benzene rings is 1. The van der Waals surface area contributed by atoms with Crippen molar-refractivity contribution >= 4 is 0 Å². The van der Waals surface area contributed by atoms with Crippen molar-refractivity contribution in [2.45, 2.75) is 38.6 Å². The van der Waals surface area contributed by atoms with Crippen LogP contribution >= 0.6 is 0 Å². The van der Waals surface area contributed by atoms with Crippen molar-refractivity contribution in [3.8, 4) is 11.3 Å². The zero-order valence-electron chi connectivity index (χ0n) is 12.2. The fraction of sp³-hybridized carbons (Fsp3) is 0.429. The molecule has 22 heavy (non-hydrogen) atoms. The maximum Gasteiger partial charge on any atom is 0.181 e. The minimum Gasteiger partial charge on any atom is -0.385 e. The molecule has 2 aromatic rings. The SMILES string of the molecule is Cc1cc(-c2c[nH]nn2)ccc1C(O)C(OC(C)O)C(O)O. The van der Waals surface area contributed by atoms with Crippen molar-refractivity contribution < 1.29 is 25.2 Å². The van der Waals surface area contributed by atoms with E-state index in [4.69, 9.17) is 4.74 Å². The van der Waals surface area contributed by atoms with Crippen LogP contribution in [0.15, 0.2) is 24.4 Å². The Morgan fingerprint density at radius 1 is 1.18 bits per heavy atom. The summed E-state index contributed by atoms with van der Waals surface area (Å²) in [5.41, 5.74) is 2.64. The van der Waals surface area contributed by atoms with E-state index < -0.39 is 24.8 Å². The van der Waals surface area contributed by atoms with Gasteiger partial charge in [0.2, 0.25) is 0 Å². The molecule has 120 valence electrons. The first-order valence-corrected chi connectivity index (χ1v) is 6.75. The van der Waals surface area contributed by atoms with E-state index >= 15 is 0 Å². The Balaban J connectivity index is 2.27. The lowest BCUT2D eigenvalue weighted by Gasteiger charge is -2.27. The standard InChI is InChI=1S/C14H19N3O5/c1-7-5-9(11-6-15-17-16-11)3-4-10(7)12(19)13(14(20)21)22-8(2)18/h3-6,8,12-14,18-21H,1-2H3,(H,15,16,17). The van der Waals surface area contributed by atoms with Crippen LogP contribution in [0.3, 0.4) is 0 Å². The van der Waals surface area contributed by atoms with Gasteiger partial charge in [-0.1, -0.05) is 17.3 Å². The van der Waals surface area contributed by atoms with Crippen LogP contribution in [0.4, 0.5) is 0 Å². The molecule has 0 amide bonds. The summed E-state index contributed by atoms with van der Waals surface area (Å²) in [6, 6.07) is 5.16. The summed E-state index contributed by atoms with van der Waals surface area (Å²) in [7, 11) is 0. The smallest absolute Gasteiger partial charge is 0.181 e. The third kappa shape index (κ3) is 3.67. The first-order chi connectivity index (χ1) is 10.4. The average Bonchev–Trinajstić information content (AvgIpc) is 2.97. The number of hydrogen-bond donors (Lipinski definition) is 5. The van der Waals surface area contributed by atoms with Crippen LogP contribution in [0, 0.1) is 6.92 Å². The fourth-order valence-electron chi connectivity index (χ4n) is 2.22. The highest BCUT2D eigenvalue weighted by atomic mass is 16.6. The molecule has 0 saturated carbocycles. The Kier molecular flexibility index (Phi) is 5.22. The molecule has 8 heteroatoms. The minimum absolute atomic E-state index is 0.464. The maximum atomic E-state index is 10.3. The fourth-order valence-corrected chi connectivity index (χ4v) is 2.22. The number of aromatic nitrogens is 3. The summed E-state index contributed by atoms with van der Waals surface area (Å²) in [5, 5.41) is 48.3. The normalized spacial score (nSPS) is 15.8. The molecule has 0 saturated heterocycles. The van der Waals surface area contributed by atoms with Crippen LogP contribution in [-0.2, 0) is 4.74 Å². The number of nitrogens with zero attached hydrogens (tertiary/aromatic N) is 2. The number of aliphatic hydroxyl groups is 4. The molecule has 0 bridgehead atoms. The van der Waals surface area contributed by atoms with Crippen molar-refractivity contribution in [1.29, 1.82) is 0 Å². The van der Waals surface area contributed by atoms with Crippen LogP contribution in [0.5, 0.6) is 0 Å². The van der Waals surface area contributed by atoms with Gasteiger partial charge in [-0.25, -0.2) is 0 Å². The number of aliphatic hydroxyl groups excluding tert-OH is 3. The van der Waals surface area contributed by atoms with Crippen LogP contribution in [-0.4, -0.2) is 54.5 Å². The Labute approximate surface area is 127 Å². The first kappa shape index (κ1) is 16.5. The van der Waals surface area contributed by atoms with Crippen LogP contribution in [0.1, 0.15) is 24.2 Å². The van der Waals surface area contributed by atoms with Crippen molar-refractivity contribution in [1.82, 2.24) is 15.4 Å². The monoisotopic (exact) mass is 309 g/mol. The highest BCUT2D eigenvalue weighted by Crippen LogP contribution is 2.28. The summed E-state index contributed by atoms with van der Waals surface area (Å²) >= 11 is 0. The second-order valence-electron chi connectivity index (χ2n) is 4.99. The zero-order valence-corrected chi connectivity index (χ0v) is 12.2. The van der Waals surface area contributed by atoms with Crippen molar-refractivity contribution in [2.75, 3.05) is 0 Å². The highest BCUT2D eigenvalue weighted by Gasteiger charge is 2.30. The summed E-state index contributed by atoms with van der Waals surface area (Å²) in [6.07, 6.45) is -4.20. The largest absolute Gasteiger partial charge is 0.385 e. The van der Waals surface area contributed by atoms with Crippen LogP contribution in [0.2, 0.25) is 0 Å². The number of ether oxygens (including phenoxy) is 1. The van der Waals surface area contributed by atoms with Crippen LogP contribution in [0.25, 0.3) is 11.3 Å². The topological polar surface area (TPSA) is 132 Å². The van der Waals surface area contributed by atoms with Gasteiger partial charge in [0.05, 0.1) is 0 Å². The predicted octanol–water partition coefficient (Wildman–Crippen LogP) is -0.152. The van der Waals surface area contributed by atoms with E-state index in [-0.39, 0.29) is 0 Å². The second-order valence-corrected chi connectivity index (χ2v) is 4.99. The van der Waals surface area contributed by atoms with Crippen molar-refractivity contribution in [3.05, 3.63) is 35.5 Å². The molecule has 1 heterocycles. The third-order valence-corrected chi connectivity index (χ3v) is 3.26. The van der Waals surface area contributed by atoms with E-state index in [0.717, 1.165) is 5.56 Å². The Bertz CT molecular complexity index is 601. The molecule has 8 nitrogen and oxygen atoms in total. The Hall–Kier alpha value is -1.84. The lowest BCUT2D eigenvalue weighted by Crippen LogP contribution is -2.37. The maximum absolute atomic E-state index is 10.3. The number of aryl methyl sites for hydroxylation is 1. The van der Waals surface area contributed by atoms with E-state index in [0.29, 0.717) is 16.8 Å². The van der Waals surface area contributed by atoms with Gasteiger partial charge in [-0.2, -0.15) is 0 Å². The Morgan fingerprint density at radius 2 is 1.91 bits per heavy atom. The van der Waals surface area contributed by atoms with E-state index in [2.05, 4.69) is 15.4 Å². The Morgan fingerprint density at radius 3 is 2.41 bits per heavy atom. The lowest BCUT2D eigenvalue weighted by molar-refractivity contribution is -0.233. The number of H-pyrrole nitrogens is 1. The minimum atomic E-state index is -1.93. The van der Waals surface area contributed by atoms with Crippen LogP contribution < -0.4 is 0 Å². The van der Waals surface area contributed by atoms with E-state index in [1.165, 1.54) is 6.92 Å². The molecule has 0 aliphatic heterocycles. The summed E-state index contributed by atoms with van der Waals surface area (Å²) in [4.78, 5) is 0. The molecule has 0 aliphatic carbocycles. The number of aromatic amines is 1. The van der Waals surface area contributed by atoms with Gasteiger partial charge in [0.15, 0.2) is 12.6 Å². The molecule has 0 aliphatic rings. The second kappa shape index (κ2) is 6.95. The summed E-state index contributed by atoms with van der Waals surface area (Å²) < 4.78 is 4.96. The van der Waals surface area contributed by atoms with Gasteiger partial charge in [0.25, 0.3) is 0 Å². The van der Waals surface area contributed by atoms with E-state index in [1.54, 1.807) is 31.3 Å². The molecule has 3 unspecified atom stereocenters. The molecule has 0 fully saturated rings. The number of nitrogens with one attached hydrogen (secondary N) is 1. The average molecular weight is 309 g/mol. The van der Waals surface area contributed by atoms with Gasteiger partial charge in [-0.05, 0) is 31.0 Å². The van der Waals surface area contributed by atoms with Gasteiger partial charge < -0.3 is 25.2 Å². The van der Waals surface area contributed by atoms with E-state index in [9.17, 15) is 20.4 Å². The molecular weight excluding hydrogens is 290 g/mol. The molecule has 0 radical (unpaired) electrons. The molecule has 1 aromatic carbocycles. The number of rotatable bonds is 6. The molecule has 0 spiro atoms. The van der Waals surface area contributed by atoms with Crippen molar-refractivity contribution in [2.24, 2.45) is 0 Å². The lowest BCUT2D eigenvalue weighted by atomic mass is 9.96. The van der Waals surface area contributed by atoms with Gasteiger partial charge in [0, 0.05) is 11.8 Å². The van der Waals surface area contributed by atoms with Crippen molar-refractivity contribution in [3.63, 3.8) is 0 Å². The summed E-state index contributed by atoms with van der Waals surface area (Å²) in [5.74, 6) is 0. The quantitative estimate of drug-likeness (QED) is 0.469. The van der Waals surface area contributed by atoms with Gasteiger partial charge in [-0.3, -0.25) is 5.10 Å². The molecule has 1 aromatic heterocycles. The van der Waals surface area contributed by atoms with Gasteiger partial charge in [0.1, 0.15) is 17.9 Å².